The molecule has 0 N–H and O–H groups in total. The molecule has 1 aromatic heterocycles. The standard InChI is InChI=1S/C28H34N2O4/c1-6-29(7-2)15-8-16-30-25(20-11-9-19(10-12-20)18(3)4)24-26(31)22-14-13-21(33-5)17-23(22)34-27(24)28(30)32/h9-14,17-18,25H,6-8,15-16H2,1-5H3. The summed E-state index contributed by atoms with van der Waals surface area (Å²) in [6, 6.07) is 12.9. The van der Waals surface area contributed by atoms with Crippen LogP contribution in [0.15, 0.2) is 51.7 Å². The number of ether oxygens (including phenoxy) is 1. The van der Waals surface area contributed by atoms with Gasteiger partial charge in [-0.25, -0.2) is 0 Å². The number of methoxy groups -OCH3 is 1. The molecule has 0 radical (unpaired) electrons. The van der Waals surface area contributed by atoms with Crippen LogP contribution >= 0.6 is 0 Å². The van der Waals surface area contributed by atoms with Crippen LogP contribution in [0.25, 0.3) is 11.0 Å². The maximum atomic E-state index is 13.7. The molecule has 1 unspecified atom stereocenters. The molecule has 1 aliphatic heterocycles. The third-order valence-electron chi connectivity index (χ3n) is 6.86. The highest BCUT2D eigenvalue weighted by molar-refractivity contribution is 5.99. The first-order valence-corrected chi connectivity index (χ1v) is 12.2. The molecule has 34 heavy (non-hydrogen) atoms. The summed E-state index contributed by atoms with van der Waals surface area (Å²) in [5, 5.41) is 0.459. The Bertz CT molecular complexity index is 1230. The van der Waals surface area contributed by atoms with Crippen molar-refractivity contribution in [3.63, 3.8) is 0 Å². The van der Waals surface area contributed by atoms with Crippen molar-refractivity contribution in [1.82, 2.24) is 9.80 Å². The predicted octanol–water partition coefficient (Wildman–Crippen LogP) is 5.20. The van der Waals surface area contributed by atoms with Crippen LogP contribution in [0.2, 0.25) is 0 Å². The number of nitrogens with zero attached hydrogens (tertiary/aromatic N) is 2. The summed E-state index contributed by atoms with van der Waals surface area (Å²) in [5.41, 5.74) is 2.80. The van der Waals surface area contributed by atoms with Crippen molar-refractivity contribution in [3.8, 4) is 5.75 Å². The second-order valence-electron chi connectivity index (χ2n) is 9.14. The van der Waals surface area contributed by atoms with Crippen molar-refractivity contribution in [2.45, 2.75) is 46.1 Å². The summed E-state index contributed by atoms with van der Waals surface area (Å²) in [5.74, 6) is 0.902. The van der Waals surface area contributed by atoms with E-state index in [9.17, 15) is 9.59 Å². The minimum Gasteiger partial charge on any atom is -0.497 e. The highest BCUT2D eigenvalue weighted by Crippen LogP contribution is 2.39. The molecule has 1 aliphatic rings. The van der Waals surface area contributed by atoms with E-state index in [-0.39, 0.29) is 17.1 Å². The van der Waals surface area contributed by atoms with Gasteiger partial charge < -0.3 is 19.0 Å². The lowest BCUT2D eigenvalue weighted by Crippen LogP contribution is -2.33. The second kappa shape index (κ2) is 10.0. The van der Waals surface area contributed by atoms with Crippen LogP contribution in [0.3, 0.4) is 0 Å². The topological polar surface area (TPSA) is 63.0 Å². The Morgan fingerprint density at radius 2 is 1.76 bits per heavy atom. The molecule has 0 saturated heterocycles. The van der Waals surface area contributed by atoms with Crippen molar-refractivity contribution >= 4 is 16.9 Å². The lowest BCUT2D eigenvalue weighted by atomic mass is 9.95. The number of carbonyl (C=O) groups is 1. The SMILES string of the molecule is CCN(CC)CCCN1C(=O)c2oc3cc(OC)ccc3c(=O)c2C1c1ccc(C(C)C)cc1. The summed E-state index contributed by atoms with van der Waals surface area (Å²) in [4.78, 5) is 31.4. The van der Waals surface area contributed by atoms with Crippen molar-refractivity contribution in [3.05, 3.63) is 75.1 Å². The van der Waals surface area contributed by atoms with Crippen molar-refractivity contribution < 1.29 is 13.9 Å². The van der Waals surface area contributed by atoms with E-state index in [4.69, 9.17) is 9.15 Å². The van der Waals surface area contributed by atoms with Gasteiger partial charge in [-0.05, 0) is 55.2 Å². The van der Waals surface area contributed by atoms with Crippen LogP contribution in [0.5, 0.6) is 5.75 Å². The van der Waals surface area contributed by atoms with Crippen LogP contribution < -0.4 is 10.2 Å². The monoisotopic (exact) mass is 462 g/mol. The highest BCUT2D eigenvalue weighted by Gasteiger charge is 2.42. The number of hydrogen-bond donors (Lipinski definition) is 0. The number of carbonyl (C=O) groups excluding carboxylic acids is 1. The van der Waals surface area contributed by atoms with Crippen molar-refractivity contribution in [1.29, 1.82) is 0 Å². The van der Waals surface area contributed by atoms with E-state index in [0.29, 0.717) is 34.7 Å². The molecule has 0 fully saturated rings. The van der Waals surface area contributed by atoms with Crippen LogP contribution in [-0.4, -0.2) is 49.0 Å². The molecule has 0 spiro atoms. The smallest absolute Gasteiger partial charge is 0.290 e. The Morgan fingerprint density at radius 1 is 1.06 bits per heavy atom. The Labute approximate surface area is 201 Å². The van der Waals surface area contributed by atoms with E-state index in [1.165, 1.54) is 5.56 Å². The van der Waals surface area contributed by atoms with Crippen LogP contribution in [0.1, 0.15) is 73.3 Å². The fraction of sp³-hybridized carbons (Fsp3) is 0.429. The third-order valence-corrected chi connectivity index (χ3v) is 6.86. The number of benzene rings is 2. The van der Waals surface area contributed by atoms with Crippen LogP contribution in [0.4, 0.5) is 0 Å². The first kappa shape index (κ1) is 24.0. The van der Waals surface area contributed by atoms with Crippen molar-refractivity contribution in [2.75, 3.05) is 33.3 Å². The molecule has 0 saturated carbocycles. The second-order valence-corrected chi connectivity index (χ2v) is 9.14. The summed E-state index contributed by atoms with van der Waals surface area (Å²) < 4.78 is 11.4. The Hall–Kier alpha value is -3.12. The highest BCUT2D eigenvalue weighted by atomic mass is 16.5. The van der Waals surface area contributed by atoms with Gasteiger partial charge in [-0.3, -0.25) is 9.59 Å². The Balaban J connectivity index is 1.80. The molecule has 6 heteroatoms. The molecule has 0 aliphatic carbocycles. The van der Waals surface area contributed by atoms with Gasteiger partial charge >= 0.3 is 0 Å². The van der Waals surface area contributed by atoms with Gasteiger partial charge in [-0.1, -0.05) is 52.0 Å². The number of fused-ring (bicyclic) bond motifs is 2. The number of hydrogen-bond acceptors (Lipinski definition) is 5. The molecule has 4 rings (SSSR count). The zero-order valence-electron chi connectivity index (χ0n) is 20.8. The van der Waals surface area contributed by atoms with Gasteiger partial charge in [-0.2, -0.15) is 0 Å². The minimum atomic E-state index is -0.455. The molecule has 180 valence electrons. The molecule has 1 atom stereocenters. The van der Waals surface area contributed by atoms with E-state index < -0.39 is 6.04 Å². The first-order chi connectivity index (χ1) is 16.4. The van der Waals surface area contributed by atoms with Gasteiger partial charge in [0.1, 0.15) is 11.3 Å². The molecule has 1 amide bonds. The summed E-state index contributed by atoms with van der Waals surface area (Å²) >= 11 is 0. The fourth-order valence-electron chi connectivity index (χ4n) is 4.77. The quantitative estimate of drug-likeness (QED) is 0.437. The molecular formula is C28H34N2O4. The maximum Gasteiger partial charge on any atom is 0.290 e. The average molecular weight is 463 g/mol. The Kier molecular flexibility index (Phi) is 7.08. The average Bonchev–Trinajstić information content (AvgIpc) is 3.13. The molecular weight excluding hydrogens is 428 g/mol. The molecule has 2 aromatic carbocycles. The normalized spacial score (nSPS) is 15.6. The van der Waals surface area contributed by atoms with Gasteiger partial charge in [0.2, 0.25) is 5.76 Å². The lowest BCUT2D eigenvalue weighted by molar-refractivity contribution is 0.0720. The summed E-state index contributed by atoms with van der Waals surface area (Å²) in [6.45, 7) is 12.0. The number of amides is 1. The van der Waals surface area contributed by atoms with Gasteiger partial charge in [0.05, 0.1) is 24.1 Å². The number of rotatable bonds is 9. The molecule has 0 bridgehead atoms. The van der Waals surface area contributed by atoms with Gasteiger partial charge in [0.15, 0.2) is 5.43 Å². The van der Waals surface area contributed by atoms with E-state index in [0.717, 1.165) is 31.6 Å². The van der Waals surface area contributed by atoms with Gasteiger partial charge in [0.25, 0.3) is 5.91 Å². The Morgan fingerprint density at radius 3 is 2.38 bits per heavy atom. The molecule has 6 nitrogen and oxygen atoms in total. The van der Waals surface area contributed by atoms with E-state index in [1.807, 2.05) is 12.1 Å². The van der Waals surface area contributed by atoms with E-state index >= 15 is 0 Å². The predicted molar refractivity (Wildman–Crippen MR) is 135 cm³/mol. The zero-order chi connectivity index (χ0) is 24.4. The maximum absolute atomic E-state index is 13.7. The third kappa shape index (κ3) is 4.34. The van der Waals surface area contributed by atoms with Gasteiger partial charge in [0, 0.05) is 12.6 Å². The lowest BCUT2D eigenvalue weighted by Gasteiger charge is -2.27. The van der Waals surface area contributed by atoms with E-state index in [2.05, 4.69) is 44.7 Å². The van der Waals surface area contributed by atoms with Crippen molar-refractivity contribution in [2.24, 2.45) is 0 Å². The largest absolute Gasteiger partial charge is 0.497 e. The minimum absolute atomic E-state index is 0.145. The summed E-state index contributed by atoms with van der Waals surface area (Å²) in [6.07, 6.45) is 0.823. The van der Waals surface area contributed by atoms with Crippen LogP contribution in [-0.2, 0) is 0 Å². The van der Waals surface area contributed by atoms with E-state index in [1.54, 1.807) is 30.2 Å². The molecule has 3 aromatic rings. The van der Waals surface area contributed by atoms with Gasteiger partial charge in [-0.15, -0.1) is 0 Å². The van der Waals surface area contributed by atoms with Crippen LogP contribution in [0, 0.1) is 0 Å². The molecule has 2 heterocycles. The first-order valence-electron chi connectivity index (χ1n) is 12.2. The zero-order valence-corrected chi connectivity index (χ0v) is 20.8. The summed E-state index contributed by atoms with van der Waals surface area (Å²) in [7, 11) is 1.56. The fourth-order valence-corrected chi connectivity index (χ4v) is 4.77.